The lowest BCUT2D eigenvalue weighted by molar-refractivity contribution is 0.402. The molecule has 0 bridgehead atoms. The summed E-state index contributed by atoms with van der Waals surface area (Å²) in [7, 11) is 3.83. The van der Waals surface area contributed by atoms with Crippen LogP contribution in [0, 0.1) is 5.82 Å². The third-order valence-corrected chi connectivity index (χ3v) is 2.12. The van der Waals surface area contributed by atoms with Gasteiger partial charge in [0.05, 0.1) is 5.69 Å². The van der Waals surface area contributed by atoms with E-state index in [0.717, 1.165) is 10.0 Å². The van der Waals surface area contributed by atoms with Crippen molar-refractivity contribution in [3.05, 3.63) is 28.0 Å². The van der Waals surface area contributed by atoms with Gasteiger partial charge in [-0.15, -0.1) is 12.4 Å². The van der Waals surface area contributed by atoms with Crippen molar-refractivity contribution >= 4 is 34.0 Å². The summed E-state index contributed by atoms with van der Waals surface area (Å²) >= 11 is 3.22. The Morgan fingerprint density at radius 1 is 1.43 bits per heavy atom. The minimum absolute atomic E-state index is 0. The molecule has 0 aromatic heterocycles. The Balaban J connectivity index is 0.00000169. The van der Waals surface area contributed by atoms with Crippen LogP contribution < -0.4 is 5.73 Å². The molecule has 2 N–H and O–H groups in total. The topological polar surface area (TPSA) is 29.3 Å². The van der Waals surface area contributed by atoms with Crippen LogP contribution in [0.5, 0.6) is 0 Å². The first-order valence-electron chi connectivity index (χ1n) is 3.89. The van der Waals surface area contributed by atoms with E-state index in [2.05, 4.69) is 15.9 Å². The molecular formula is C9H13BrClFN2. The molecule has 14 heavy (non-hydrogen) atoms. The predicted molar refractivity (Wildman–Crippen MR) is 63.2 cm³/mol. The lowest BCUT2D eigenvalue weighted by Crippen LogP contribution is -2.12. The molecular weight excluding hydrogens is 270 g/mol. The van der Waals surface area contributed by atoms with Crippen LogP contribution in [-0.2, 0) is 6.54 Å². The molecule has 1 aromatic carbocycles. The number of rotatable bonds is 2. The molecule has 0 saturated carbocycles. The molecule has 0 fully saturated rings. The number of nitrogens with zero attached hydrogens (tertiary/aromatic N) is 1. The summed E-state index contributed by atoms with van der Waals surface area (Å²) in [6.07, 6.45) is 0. The summed E-state index contributed by atoms with van der Waals surface area (Å²) in [5, 5.41) is 0. The van der Waals surface area contributed by atoms with Gasteiger partial charge in [0.2, 0.25) is 0 Å². The highest BCUT2D eigenvalue weighted by Crippen LogP contribution is 2.23. The van der Waals surface area contributed by atoms with Crippen molar-refractivity contribution in [3.8, 4) is 0 Å². The van der Waals surface area contributed by atoms with Crippen molar-refractivity contribution in [1.82, 2.24) is 4.90 Å². The van der Waals surface area contributed by atoms with Crippen LogP contribution in [0.25, 0.3) is 0 Å². The summed E-state index contributed by atoms with van der Waals surface area (Å²) in [5.74, 6) is -0.369. The Morgan fingerprint density at radius 2 is 2.00 bits per heavy atom. The summed E-state index contributed by atoms with van der Waals surface area (Å²) in [5.41, 5.74) is 6.61. The van der Waals surface area contributed by atoms with E-state index in [-0.39, 0.29) is 23.9 Å². The van der Waals surface area contributed by atoms with Crippen LogP contribution in [0.3, 0.4) is 0 Å². The molecule has 2 nitrogen and oxygen atoms in total. The first-order chi connectivity index (χ1) is 6.00. The number of benzene rings is 1. The van der Waals surface area contributed by atoms with Crippen molar-refractivity contribution < 1.29 is 4.39 Å². The van der Waals surface area contributed by atoms with Crippen LogP contribution in [0.2, 0.25) is 0 Å². The second-order valence-corrected chi connectivity index (χ2v) is 4.11. The maximum Gasteiger partial charge on any atom is 0.147 e. The van der Waals surface area contributed by atoms with E-state index in [1.54, 1.807) is 0 Å². The molecule has 0 heterocycles. The van der Waals surface area contributed by atoms with E-state index < -0.39 is 0 Å². The van der Waals surface area contributed by atoms with E-state index in [1.807, 2.05) is 25.1 Å². The molecule has 0 unspecified atom stereocenters. The van der Waals surface area contributed by atoms with E-state index in [0.29, 0.717) is 6.54 Å². The third kappa shape index (κ3) is 3.44. The summed E-state index contributed by atoms with van der Waals surface area (Å²) < 4.78 is 13.8. The Labute approximate surface area is 97.8 Å². The fourth-order valence-electron chi connectivity index (χ4n) is 1.11. The predicted octanol–water partition coefficient (Wildman–Crippen LogP) is 2.65. The summed E-state index contributed by atoms with van der Waals surface area (Å²) in [6, 6.07) is 3.20. The van der Waals surface area contributed by atoms with Crippen LogP contribution >= 0.6 is 28.3 Å². The van der Waals surface area contributed by atoms with E-state index >= 15 is 0 Å². The van der Waals surface area contributed by atoms with Crippen molar-refractivity contribution in [3.63, 3.8) is 0 Å². The maximum absolute atomic E-state index is 13.1. The highest BCUT2D eigenvalue weighted by Gasteiger charge is 2.07. The summed E-state index contributed by atoms with van der Waals surface area (Å²) in [4.78, 5) is 1.94. The Hall–Kier alpha value is -0.320. The lowest BCUT2D eigenvalue weighted by Gasteiger charge is -2.12. The van der Waals surface area contributed by atoms with Gasteiger partial charge in [-0.2, -0.15) is 0 Å². The van der Waals surface area contributed by atoms with Gasteiger partial charge in [-0.05, 0) is 31.8 Å². The van der Waals surface area contributed by atoms with Gasteiger partial charge in [-0.25, -0.2) is 4.39 Å². The van der Waals surface area contributed by atoms with Crippen molar-refractivity contribution in [2.75, 3.05) is 19.8 Å². The largest absolute Gasteiger partial charge is 0.396 e. The number of anilines is 1. The average Bonchev–Trinajstić information content (AvgIpc) is 1.98. The normalized spacial score (nSPS) is 10.1. The van der Waals surface area contributed by atoms with Gasteiger partial charge < -0.3 is 10.6 Å². The molecule has 1 aromatic rings. The Kier molecular flexibility index (Phi) is 5.41. The van der Waals surface area contributed by atoms with E-state index in [1.165, 1.54) is 6.07 Å². The van der Waals surface area contributed by atoms with Gasteiger partial charge in [-0.3, -0.25) is 0 Å². The fraction of sp³-hybridized carbons (Fsp3) is 0.333. The van der Waals surface area contributed by atoms with Crippen LogP contribution in [-0.4, -0.2) is 19.0 Å². The lowest BCUT2D eigenvalue weighted by atomic mass is 10.1. The minimum atomic E-state index is -0.369. The van der Waals surface area contributed by atoms with E-state index in [9.17, 15) is 4.39 Å². The molecule has 80 valence electrons. The molecule has 0 atom stereocenters. The molecule has 0 aliphatic heterocycles. The monoisotopic (exact) mass is 282 g/mol. The van der Waals surface area contributed by atoms with Crippen molar-refractivity contribution in [2.45, 2.75) is 6.54 Å². The second kappa shape index (κ2) is 5.53. The highest BCUT2D eigenvalue weighted by molar-refractivity contribution is 9.10. The number of hydrogen-bond acceptors (Lipinski definition) is 2. The molecule has 0 saturated heterocycles. The van der Waals surface area contributed by atoms with Gasteiger partial charge in [0.25, 0.3) is 0 Å². The highest BCUT2D eigenvalue weighted by atomic mass is 79.9. The van der Waals surface area contributed by atoms with Crippen LogP contribution in [0.15, 0.2) is 16.6 Å². The average molecular weight is 284 g/mol. The first-order valence-corrected chi connectivity index (χ1v) is 4.68. The standard InChI is InChI=1S/C9H12BrFN2.ClH/c1-13(2)5-6-3-7(10)4-8(11)9(6)12;/h3-4H,5,12H2,1-2H3;1H. The fourth-order valence-corrected chi connectivity index (χ4v) is 1.59. The van der Waals surface area contributed by atoms with Gasteiger partial charge in [0.15, 0.2) is 0 Å². The maximum atomic E-state index is 13.1. The molecule has 0 aliphatic rings. The van der Waals surface area contributed by atoms with Gasteiger partial charge in [0.1, 0.15) is 5.82 Å². The molecule has 1 rings (SSSR count). The van der Waals surface area contributed by atoms with Crippen LogP contribution in [0.1, 0.15) is 5.56 Å². The zero-order valence-electron chi connectivity index (χ0n) is 8.05. The smallest absolute Gasteiger partial charge is 0.147 e. The Morgan fingerprint density at radius 3 is 2.50 bits per heavy atom. The molecule has 0 aliphatic carbocycles. The van der Waals surface area contributed by atoms with Gasteiger partial charge in [0, 0.05) is 11.0 Å². The minimum Gasteiger partial charge on any atom is -0.396 e. The number of nitrogen functional groups attached to an aromatic ring is 1. The third-order valence-electron chi connectivity index (χ3n) is 1.67. The number of hydrogen-bond donors (Lipinski definition) is 1. The van der Waals surface area contributed by atoms with Gasteiger partial charge >= 0.3 is 0 Å². The number of halogens is 3. The zero-order valence-corrected chi connectivity index (χ0v) is 10.5. The van der Waals surface area contributed by atoms with E-state index in [4.69, 9.17) is 5.73 Å². The van der Waals surface area contributed by atoms with Crippen molar-refractivity contribution in [1.29, 1.82) is 0 Å². The molecule has 5 heteroatoms. The quantitative estimate of drug-likeness (QED) is 0.846. The molecule has 0 spiro atoms. The van der Waals surface area contributed by atoms with Crippen molar-refractivity contribution in [2.24, 2.45) is 0 Å². The van der Waals surface area contributed by atoms with Gasteiger partial charge in [-0.1, -0.05) is 15.9 Å². The second-order valence-electron chi connectivity index (χ2n) is 3.20. The summed E-state index contributed by atoms with van der Waals surface area (Å²) in [6.45, 7) is 0.641. The first kappa shape index (κ1) is 13.7. The zero-order chi connectivity index (χ0) is 10.0. The number of nitrogens with two attached hydrogens (primary N) is 1. The molecule has 0 radical (unpaired) electrons. The van der Waals surface area contributed by atoms with Crippen LogP contribution in [0.4, 0.5) is 10.1 Å². The Bertz CT molecular complexity index is 318. The molecule has 0 amide bonds. The SMILES string of the molecule is CN(C)Cc1cc(Br)cc(F)c1N.Cl.